The Kier molecular flexibility index (Phi) is 6.18. The van der Waals surface area contributed by atoms with E-state index < -0.39 is 22.1 Å². The number of benzene rings is 2. The molecule has 1 atom stereocenters. The van der Waals surface area contributed by atoms with Crippen LogP contribution < -0.4 is 0 Å². The smallest absolute Gasteiger partial charge is 0.338 e. The fraction of sp³-hybridized carbons (Fsp3) is 0.235. The van der Waals surface area contributed by atoms with E-state index in [1.807, 2.05) is 0 Å². The molecule has 0 saturated heterocycles. The first-order valence-electron chi connectivity index (χ1n) is 7.36. The van der Waals surface area contributed by atoms with Gasteiger partial charge < -0.3 is 4.74 Å². The van der Waals surface area contributed by atoms with Gasteiger partial charge in [-0.3, -0.25) is 4.84 Å². The lowest BCUT2D eigenvalue weighted by atomic mass is 10.1. The summed E-state index contributed by atoms with van der Waals surface area (Å²) in [5.74, 6) is -0.649. The highest BCUT2D eigenvalue weighted by Crippen LogP contribution is 2.26. The van der Waals surface area contributed by atoms with Crippen molar-refractivity contribution in [1.29, 1.82) is 0 Å². The van der Waals surface area contributed by atoms with Crippen molar-refractivity contribution in [2.24, 2.45) is 0 Å². The van der Waals surface area contributed by atoms with E-state index >= 15 is 0 Å². The van der Waals surface area contributed by atoms with Gasteiger partial charge in [0, 0.05) is 17.6 Å². The zero-order valence-corrected chi connectivity index (χ0v) is 15.5. The topological polar surface area (TPSA) is 72.9 Å². The van der Waals surface area contributed by atoms with Crippen LogP contribution >= 0.6 is 11.6 Å². The van der Waals surface area contributed by atoms with Crippen molar-refractivity contribution < 1.29 is 22.8 Å². The van der Waals surface area contributed by atoms with Crippen molar-refractivity contribution in [2.45, 2.75) is 17.9 Å². The zero-order chi connectivity index (χ0) is 18.6. The summed E-state index contributed by atoms with van der Waals surface area (Å²) in [5.41, 5.74) is 0.782. The quantitative estimate of drug-likeness (QED) is 0.564. The second kappa shape index (κ2) is 7.97. The van der Waals surface area contributed by atoms with Gasteiger partial charge in [-0.2, -0.15) is 0 Å². The summed E-state index contributed by atoms with van der Waals surface area (Å²) in [6.45, 7) is 1.69. The van der Waals surface area contributed by atoms with Crippen molar-refractivity contribution in [2.75, 3.05) is 14.2 Å². The highest BCUT2D eigenvalue weighted by molar-refractivity contribution is 7.89. The lowest BCUT2D eigenvalue weighted by Crippen LogP contribution is -2.26. The van der Waals surface area contributed by atoms with Crippen LogP contribution in [0.15, 0.2) is 53.4 Å². The molecule has 0 saturated carbocycles. The van der Waals surface area contributed by atoms with E-state index in [2.05, 4.69) is 0 Å². The van der Waals surface area contributed by atoms with E-state index in [9.17, 15) is 13.2 Å². The Morgan fingerprint density at radius 1 is 1.16 bits per heavy atom. The number of hydrogen-bond donors (Lipinski definition) is 0. The van der Waals surface area contributed by atoms with Crippen molar-refractivity contribution in [3.8, 4) is 0 Å². The SMILES string of the molecule is CON(C)S(=O)(=O)c1cccc(C(=O)O[C@@H](C)c2ccccc2Cl)c1. The first kappa shape index (κ1) is 19.4. The van der Waals surface area contributed by atoms with Crippen molar-refractivity contribution >= 4 is 27.6 Å². The number of hydrogen-bond acceptors (Lipinski definition) is 5. The van der Waals surface area contributed by atoms with Crippen LogP contribution in [0.1, 0.15) is 28.9 Å². The molecule has 0 amide bonds. The predicted octanol–water partition coefficient (Wildman–Crippen LogP) is 3.44. The summed E-state index contributed by atoms with van der Waals surface area (Å²) in [5, 5.41) is 0.487. The standard InChI is InChI=1S/C17H18ClNO5S/c1-12(15-9-4-5-10-16(15)18)24-17(20)13-7-6-8-14(11-13)25(21,22)19(2)23-3/h4-12H,1-3H3/t12-/m0/s1. The summed E-state index contributed by atoms with van der Waals surface area (Å²) >= 11 is 6.09. The highest BCUT2D eigenvalue weighted by Gasteiger charge is 2.23. The van der Waals surface area contributed by atoms with Gasteiger partial charge in [0.2, 0.25) is 0 Å². The number of esters is 1. The minimum Gasteiger partial charge on any atom is -0.454 e. The summed E-state index contributed by atoms with van der Waals surface area (Å²) < 4.78 is 30.6. The maximum Gasteiger partial charge on any atom is 0.338 e. The zero-order valence-electron chi connectivity index (χ0n) is 14.0. The Bertz CT molecular complexity index is 869. The third-order valence-corrected chi connectivity index (χ3v) is 5.61. The van der Waals surface area contributed by atoms with Gasteiger partial charge in [-0.1, -0.05) is 40.3 Å². The number of sulfonamides is 1. The normalized spacial score (nSPS) is 12.8. The molecule has 0 unspecified atom stereocenters. The first-order valence-corrected chi connectivity index (χ1v) is 9.17. The van der Waals surface area contributed by atoms with E-state index in [-0.39, 0.29) is 10.5 Å². The van der Waals surface area contributed by atoms with E-state index in [0.717, 1.165) is 0 Å². The number of rotatable bonds is 6. The molecule has 2 aromatic rings. The van der Waals surface area contributed by atoms with Gasteiger partial charge in [0.25, 0.3) is 10.0 Å². The average Bonchev–Trinajstić information content (AvgIpc) is 2.61. The number of halogens is 1. The Morgan fingerprint density at radius 3 is 2.48 bits per heavy atom. The Balaban J connectivity index is 2.24. The third-order valence-electron chi connectivity index (χ3n) is 3.59. The fourth-order valence-corrected chi connectivity index (χ4v) is 3.44. The molecule has 0 aliphatic heterocycles. The number of nitrogens with zero attached hydrogens (tertiary/aromatic N) is 1. The van der Waals surface area contributed by atoms with E-state index in [1.165, 1.54) is 38.4 Å². The molecule has 0 N–H and O–H groups in total. The van der Waals surface area contributed by atoms with Gasteiger partial charge in [0.15, 0.2) is 0 Å². The maximum absolute atomic E-state index is 12.4. The summed E-state index contributed by atoms with van der Waals surface area (Å²) in [7, 11) is -1.35. The lowest BCUT2D eigenvalue weighted by Gasteiger charge is -2.16. The van der Waals surface area contributed by atoms with Crippen LogP contribution in [0.25, 0.3) is 0 Å². The highest BCUT2D eigenvalue weighted by atomic mass is 35.5. The first-order chi connectivity index (χ1) is 11.8. The summed E-state index contributed by atoms with van der Waals surface area (Å²) in [6.07, 6.45) is -0.580. The maximum atomic E-state index is 12.4. The van der Waals surface area contributed by atoms with E-state index in [4.69, 9.17) is 21.2 Å². The number of hydroxylamine groups is 1. The molecule has 2 aromatic carbocycles. The molecule has 0 bridgehead atoms. The molecule has 6 nitrogen and oxygen atoms in total. The van der Waals surface area contributed by atoms with Crippen LogP contribution in [0, 0.1) is 0 Å². The van der Waals surface area contributed by atoms with Gasteiger partial charge in [-0.15, -0.1) is 0 Å². The largest absolute Gasteiger partial charge is 0.454 e. The van der Waals surface area contributed by atoms with Crippen LogP contribution in [-0.4, -0.2) is 33.0 Å². The number of carbonyl (C=O) groups is 1. The minimum absolute atomic E-state index is 0.0725. The molecular weight excluding hydrogens is 366 g/mol. The monoisotopic (exact) mass is 383 g/mol. The number of ether oxygens (including phenoxy) is 1. The van der Waals surface area contributed by atoms with Crippen LogP contribution in [0.2, 0.25) is 5.02 Å². The van der Waals surface area contributed by atoms with Gasteiger partial charge in [0.05, 0.1) is 17.6 Å². The van der Waals surface area contributed by atoms with E-state index in [1.54, 1.807) is 31.2 Å². The number of carbonyl (C=O) groups excluding carboxylic acids is 1. The molecule has 8 heteroatoms. The second-order valence-corrected chi connectivity index (χ2v) is 7.54. The van der Waals surface area contributed by atoms with Crippen LogP contribution in [-0.2, 0) is 19.6 Å². The molecule has 0 aliphatic rings. The molecule has 134 valence electrons. The second-order valence-electron chi connectivity index (χ2n) is 5.19. The Morgan fingerprint density at radius 2 is 1.84 bits per heavy atom. The van der Waals surface area contributed by atoms with Crippen molar-refractivity contribution in [3.63, 3.8) is 0 Å². The van der Waals surface area contributed by atoms with Crippen LogP contribution in [0.3, 0.4) is 0 Å². The lowest BCUT2D eigenvalue weighted by molar-refractivity contribution is -0.0258. The predicted molar refractivity (Wildman–Crippen MR) is 93.7 cm³/mol. The Labute approximate surface area is 151 Å². The van der Waals surface area contributed by atoms with Crippen molar-refractivity contribution in [1.82, 2.24) is 4.47 Å². The van der Waals surface area contributed by atoms with Crippen LogP contribution in [0.4, 0.5) is 0 Å². The molecular formula is C17H18ClNO5S. The van der Waals surface area contributed by atoms with Gasteiger partial charge in [0.1, 0.15) is 6.10 Å². The third kappa shape index (κ3) is 4.38. The van der Waals surface area contributed by atoms with Crippen molar-refractivity contribution in [3.05, 3.63) is 64.7 Å². The van der Waals surface area contributed by atoms with E-state index in [0.29, 0.717) is 15.1 Å². The molecule has 25 heavy (non-hydrogen) atoms. The van der Waals surface area contributed by atoms with Gasteiger partial charge in [-0.25, -0.2) is 13.2 Å². The van der Waals surface area contributed by atoms with Gasteiger partial charge in [-0.05, 0) is 31.2 Å². The molecule has 0 spiro atoms. The molecule has 0 aliphatic carbocycles. The fourth-order valence-electron chi connectivity index (χ4n) is 2.13. The summed E-state index contributed by atoms with van der Waals surface area (Å²) in [6, 6.07) is 12.6. The Hall–Kier alpha value is -1.93. The molecule has 0 heterocycles. The molecule has 0 fully saturated rings. The van der Waals surface area contributed by atoms with Crippen LogP contribution in [0.5, 0.6) is 0 Å². The van der Waals surface area contributed by atoms with Gasteiger partial charge >= 0.3 is 5.97 Å². The minimum atomic E-state index is -3.85. The average molecular weight is 384 g/mol. The molecule has 0 aromatic heterocycles. The molecule has 0 radical (unpaired) electrons. The summed E-state index contributed by atoms with van der Waals surface area (Å²) in [4.78, 5) is 17.0. The molecule has 2 rings (SSSR count).